The highest BCUT2D eigenvalue weighted by Gasteiger charge is 2.68. The number of pyridine rings is 1. The molecule has 5 rings (SSSR count). The molecular weight excluding hydrogens is 512 g/mol. The maximum Gasteiger partial charge on any atom is 0.306 e. The average molecular weight is 551 g/mol. The number of rotatable bonds is 8. The molecule has 0 spiro atoms. The first-order valence-corrected chi connectivity index (χ1v) is 14.3. The van der Waals surface area contributed by atoms with Gasteiger partial charge in [0.05, 0.1) is 18.7 Å². The molecule has 1 aromatic heterocycles. The molecule has 4 aliphatic rings. The number of esters is 1. The molecule has 4 aliphatic carbocycles. The summed E-state index contributed by atoms with van der Waals surface area (Å²) in [5.74, 6) is -1.64. The summed E-state index contributed by atoms with van der Waals surface area (Å²) in [7, 11) is 0. The van der Waals surface area contributed by atoms with E-state index < -0.39 is 29.4 Å². The summed E-state index contributed by atoms with van der Waals surface area (Å²) in [6, 6.07) is 5.37. The average Bonchev–Trinajstić information content (AvgIpc) is 3.20. The second-order valence-electron chi connectivity index (χ2n) is 12.5. The normalized spacial score (nSPS) is 34.7. The van der Waals surface area contributed by atoms with Gasteiger partial charge in [0.1, 0.15) is 11.4 Å². The fourth-order valence-corrected chi connectivity index (χ4v) is 8.18. The third kappa shape index (κ3) is 4.82. The van der Waals surface area contributed by atoms with Crippen molar-refractivity contribution in [2.45, 2.75) is 83.8 Å². The molecule has 9 nitrogen and oxygen atoms in total. The minimum Gasteiger partial charge on any atom is -0.458 e. The Morgan fingerprint density at radius 2 is 1.90 bits per heavy atom. The molecule has 1 aromatic rings. The van der Waals surface area contributed by atoms with Gasteiger partial charge in [0.25, 0.3) is 0 Å². The van der Waals surface area contributed by atoms with Crippen molar-refractivity contribution in [2.75, 3.05) is 6.61 Å². The quantitative estimate of drug-likeness (QED) is 0.471. The van der Waals surface area contributed by atoms with Crippen molar-refractivity contribution in [2.24, 2.45) is 28.6 Å². The first kappa shape index (κ1) is 28.3. The fraction of sp³-hybridized carbons (Fsp3) is 0.613. The first-order chi connectivity index (χ1) is 19.0. The van der Waals surface area contributed by atoms with Crippen molar-refractivity contribution in [1.82, 2.24) is 10.3 Å². The highest BCUT2D eigenvalue weighted by atomic mass is 16.5. The molecule has 214 valence electrons. The number of amides is 1. The Morgan fingerprint density at radius 3 is 2.65 bits per heavy atom. The molecule has 0 bridgehead atoms. The Hall–Kier alpha value is -3.20. The maximum atomic E-state index is 13.7. The standard InChI is InChI=1S/C31H38N2O7/c1-29-12-10-21(34)15-19(29)6-7-22-23-11-13-31(39,30(23,2)16-24(35)28(22)29)25(36)18-40-27(38)9-8-26(37)33-17-20-5-3-4-14-32-20/h3-5,14-15,22-23,28,39H,6-13,16-18H2,1-2H3,(H,33,37)/t22-,23-,28-,29-,30-,31-/m0/s1. The van der Waals surface area contributed by atoms with Crippen molar-refractivity contribution in [3.05, 3.63) is 41.7 Å². The van der Waals surface area contributed by atoms with Crippen LogP contribution < -0.4 is 5.32 Å². The van der Waals surface area contributed by atoms with Gasteiger partial charge in [-0.3, -0.25) is 29.0 Å². The van der Waals surface area contributed by atoms with Crippen LogP contribution in [0.4, 0.5) is 0 Å². The Balaban J connectivity index is 1.18. The predicted molar refractivity (Wildman–Crippen MR) is 143 cm³/mol. The molecule has 2 N–H and O–H groups in total. The van der Waals surface area contributed by atoms with Crippen LogP contribution in [0.2, 0.25) is 0 Å². The molecule has 1 amide bonds. The number of allylic oxidation sites excluding steroid dienone is 1. The van der Waals surface area contributed by atoms with Crippen LogP contribution in [0.1, 0.15) is 77.3 Å². The number of fused-ring (bicyclic) bond motifs is 5. The summed E-state index contributed by atoms with van der Waals surface area (Å²) < 4.78 is 5.18. The van der Waals surface area contributed by atoms with Gasteiger partial charge < -0.3 is 15.2 Å². The van der Waals surface area contributed by atoms with Crippen molar-refractivity contribution >= 4 is 29.2 Å². The Kier molecular flexibility index (Phi) is 7.54. The molecule has 0 radical (unpaired) electrons. The third-order valence-corrected chi connectivity index (χ3v) is 10.4. The molecule has 0 aromatic carbocycles. The van der Waals surface area contributed by atoms with Crippen molar-refractivity contribution in [3.8, 4) is 0 Å². The van der Waals surface area contributed by atoms with Gasteiger partial charge >= 0.3 is 5.97 Å². The van der Waals surface area contributed by atoms with Crippen molar-refractivity contribution in [1.29, 1.82) is 0 Å². The van der Waals surface area contributed by atoms with Crippen LogP contribution in [-0.4, -0.2) is 51.5 Å². The SMILES string of the molecule is C[C@]12CCC(=O)C=C1CC[C@@H]1[C@H]2C(=O)C[C@@]2(C)[C@H]1CC[C@]2(O)C(=O)COC(=O)CCC(=O)NCc1ccccn1. The zero-order valence-electron chi connectivity index (χ0n) is 23.2. The topological polar surface area (TPSA) is 140 Å². The van der Waals surface area contributed by atoms with E-state index in [1.165, 1.54) is 0 Å². The number of nitrogens with one attached hydrogen (secondary N) is 1. The number of aromatic nitrogens is 1. The third-order valence-electron chi connectivity index (χ3n) is 10.4. The van der Waals surface area contributed by atoms with Gasteiger partial charge in [0, 0.05) is 36.8 Å². The van der Waals surface area contributed by atoms with Gasteiger partial charge in [-0.05, 0) is 67.6 Å². The van der Waals surface area contributed by atoms with E-state index in [2.05, 4.69) is 17.2 Å². The van der Waals surface area contributed by atoms with Gasteiger partial charge in [-0.25, -0.2) is 0 Å². The van der Waals surface area contributed by atoms with Crippen molar-refractivity contribution in [3.63, 3.8) is 0 Å². The molecule has 3 fully saturated rings. The number of carbonyl (C=O) groups excluding carboxylic acids is 5. The number of hydrogen-bond donors (Lipinski definition) is 2. The second-order valence-corrected chi connectivity index (χ2v) is 12.5. The minimum absolute atomic E-state index is 0.0151. The van der Waals surface area contributed by atoms with E-state index in [1.54, 1.807) is 24.4 Å². The molecule has 1 heterocycles. The predicted octanol–water partition coefficient (Wildman–Crippen LogP) is 3.03. The van der Waals surface area contributed by atoms with Crippen LogP contribution in [0, 0.1) is 28.6 Å². The van der Waals surface area contributed by atoms with Gasteiger partial charge in [-0.2, -0.15) is 0 Å². The molecule has 3 saturated carbocycles. The molecule has 0 unspecified atom stereocenters. The number of carbonyl (C=O) groups is 5. The lowest BCUT2D eigenvalue weighted by Gasteiger charge is -2.57. The summed E-state index contributed by atoms with van der Waals surface area (Å²) in [6.45, 7) is 3.59. The van der Waals surface area contributed by atoms with E-state index in [4.69, 9.17) is 4.74 Å². The van der Waals surface area contributed by atoms with E-state index in [0.717, 1.165) is 18.4 Å². The largest absolute Gasteiger partial charge is 0.458 e. The smallest absolute Gasteiger partial charge is 0.306 e. The van der Waals surface area contributed by atoms with Gasteiger partial charge in [0.15, 0.2) is 12.4 Å². The summed E-state index contributed by atoms with van der Waals surface area (Å²) >= 11 is 0. The van der Waals surface area contributed by atoms with Gasteiger partial charge in [-0.15, -0.1) is 0 Å². The lowest BCUT2D eigenvalue weighted by atomic mass is 9.46. The maximum absolute atomic E-state index is 13.7. The highest BCUT2D eigenvalue weighted by molar-refractivity contribution is 5.95. The van der Waals surface area contributed by atoms with E-state index in [0.29, 0.717) is 25.0 Å². The first-order valence-electron chi connectivity index (χ1n) is 14.3. The van der Waals surface area contributed by atoms with E-state index in [1.807, 2.05) is 13.0 Å². The lowest BCUT2D eigenvalue weighted by Crippen LogP contribution is -2.61. The van der Waals surface area contributed by atoms with Gasteiger partial charge in [-0.1, -0.05) is 25.5 Å². The number of ketones is 3. The molecular formula is C31H38N2O7. The number of ether oxygens (including phenoxy) is 1. The number of Topliss-reactive ketones (excluding diaryl/α,β-unsaturated/α-hetero) is 2. The van der Waals surface area contributed by atoms with Crippen LogP contribution >= 0.6 is 0 Å². The zero-order valence-corrected chi connectivity index (χ0v) is 23.2. The van der Waals surface area contributed by atoms with Crippen LogP contribution in [0.25, 0.3) is 0 Å². The lowest BCUT2D eigenvalue weighted by molar-refractivity contribution is -0.173. The highest BCUT2D eigenvalue weighted by Crippen LogP contribution is 2.66. The van der Waals surface area contributed by atoms with Crippen LogP contribution in [0.3, 0.4) is 0 Å². The van der Waals surface area contributed by atoms with Gasteiger partial charge in [0.2, 0.25) is 11.7 Å². The number of aliphatic hydroxyl groups is 1. The van der Waals surface area contributed by atoms with E-state index >= 15 is 0 Å². The molecule has 40 heavy (non-hydrogen) atoms. The second kappa shape index (κ2) is 10.7. The summed E-state index contributed by atoms with van der Waals surface area (Å²) in [4.78, 5) is 67.7. The summed E-state index contributed by atoms with van der Waals surface area (Å²) in [5.41, 5.74) is -1.29. The fourth-order valence-electron chi connectivity index (χ4n) is 8.18. The summed E-state index contributed by atoms with van der Waals surface area (Å²) in [6.07, 6.45) is 6.61. The molecule has 0 aliphatic heterocycles. The number of nitrogens with zero attached hydrogens (tertiary/aromatic N) is 1. The van der Waals surface area contributed by atoms with Crippen LogP contribution in [-0.2, 0) is 35.3 Å². The van der Waals surface area contributed by atoms with Crippen molar-refractivity contribution < 1.29 is 33.8 Å². The summed E-state index contributed by atoms with van der Waals surface area (Å²) in [5, 5.41) is 14.4. The molecule has 0 saturated heterocycles. The van der Waals surface area contributed by atoms with Crippen LogP contribution in [0.5, 0.6) is 0 Å². The zero-order chi connectivity index (χ0) is 28.7. The van der Waals surface area contributed by atoms with Crippen LogP contribution in [0.15, 0.2) is 36.0 Å². The number of hydrogen-bond acceptors (Lipinski definition) is 8. The Labute approximate surface area is 234 Å². The minimum atomic E-state index is -1.77. The van der Waals surface area contributed by atoms with E-state index in [-0.39, 0.29) is 72.9 Å². The Bertz CT molecular complexity index is 1260. The van der Waals surface area contributed by atoms with E-state index in [9.17, 15) is 29.1 Å². The molecule has 9 heteroatoms. The Morgan fingerprint density at radius 1 is 1.10 bits per heavy atom. The molecule has 6 atom stereocenters. The monoisotopic (exact) mass is 550 g/mol.